The van der Waals surface area contributed by atoms with E-state index in [0.29, 0.717) is 29.8 Å². The van der Waals surface area contributed by atoms with Gasteiger partial charge in [0, 0.05) is 12.5 Å². The van der Waals surface area contributed by atoms with Crippen LogP contribution in [0.25, 0.3) is 11.1 Å². The molecule has 0 aliphatic carbocycles. The topological polar surface area (TPSA) is 97.0 Å². The zero-order valence-corrected chi connectivity index (χ0v) is 17.6. The van der Waals surface area contributed by atoms with Crippen LogP contribution in [-0.2, 0) is 25.6 Å². The van der Waals surface area contributed by atoms with E-state index in [1.54, 1.807) is 12.1 Å². The molecule has 32 heavy (non-hydrogen) atoms. The van der Waals surface area contributed by atoms with Gasteiger partial charge in [-0.15, -0.1) is 0 Å². The van der Waals surface area contributed by atoms with Gasteiger partial charge < -0.3 is 10.1 Å². The molecule has 2 fully saturated rings. The smallest absolute Gasteiger partial charge is 0.414 e. The zero-order valence-electron chi connectivity index (χ0n) is 17.6. The molecule has 0 unspecified atom stereocenters. The summed E-state index contributed by atoms with van der Waals surface area (Å²) in [7, 11) is 0. The van der Waals surface area contributed by atoms with E-state index in [0.717, 1.165) is 12.0 Å². The fourth-order valence-electron chi connectivity index (χ4n) is 3.78. The Hall–Kier alpha value is -3.46. The molecule has 2 saturated heterocycles. The molecular formula is C23H24FN3O5. The van der Waals surface area contributed by atoms with Gasteiger partial charge in [-0.05, 0) is 42.2 Å². The van der Waals surface area contributed by atoms with Gasteiger partial charge in [-0.2, -0.15) is 0 Å². The van der Waals surface area contributed by atoms with Crippen LogP contribution in [-0.4, -0.2) is 43.7 Å². The fraction of sp³-hybridized carbons (Fsp3) is 0.348. The second-order valence-electron chi connectivity index (χ2n) is 7.93. The lowest BCUT2D eigenvalue weighted by Gasteiger charge is -2.15. The lowest BCUT2D eigenvalue weighted by atomic mass is 9.97. The number of anilines is 1. The van der Waals surface area contributed by atoms with Crippen LogP contribution < -0.4 is 15.7 Å². The van der Waals surface area contributed by atoms with Crippen molar-refractivity contribution in [1.29, 1.82) is 0 Å². The second kappa shape index (κ2) is 9.35. The van der Waals surface area contributed by atoms with Crippen molar-refractivity contribution in [1.82, 2.24) is 10.8 Å². The summed E-state index contributed by atoms with van der Waals surface area (Å²) in [6, 6.07) is 12.1. The third-order valence-electron chi connectivity index (χ3n) is 5.59. The molecule has 168 valence electrons. The molecule has 0 bridgehead atoms. The minimum atomic E-state index is -0.571. The first-order valence-corrected chi connectivity index (χ1v) is 10.4. The molecule has 2 N–H and O–H groups in total. The predicted molar refractivity (Wildman–Crippen MR) is 114 cm³/mol. The Morgan fingerprint density at radius 1 is 1.22 bits per heavy atom. The van der Waals surface area contributed by atoms with Crippen molar-refractivity contribution in [3.8, 4) is 11.1 Å². The van der Waals surface area contributed by atoms with Gasteiger partial charge in [0.2, 0.25) is 11.8 Å². The number of nitrogens with zero attached hydrogens (tertiary/aromatic N) is 1. The third kappa shape index (κ3) is 4.88. The first kappa shape index (κ1) is 21.8. The number of benzene rings is 2. The standard InChI is InChI=1S/C23H24FN3O5/c1-14(28)25-11-19-12-27(23(30)32-19)18-8-9-20(21(24)10-18)16-5-2-15(3-6-16)4-7-17-13-31-26-22(17)29/h2-3,5-6,8-10,17,19H,4,7,11-13H2,1H3,(H,25,28)(H,26,29)/t17-,19+/m1/s1. The molecule has 0 spiro atoms. The summed E-state index contributed by atoms with van der Waals surface area (Å²) in [6.45, 7) is 2.21. The highest BCUT2D eigenvalue weighted by Crippen LogP contribution is 2.29. The Bertz CT molecular complexity index is 1030. The summed E-state index contributed by atoms with van der Waals surface area (Å²) in [5.41, 5.74) is 4.94. The number of rotatable bonds is 7. The van der Waals surface area contributed by atoms with Crippen LogP contribution in [0.3, 0.4) is 0 Å². The molecule has 2 aromatic rings. The molecule has 3 amide bonds. The van der Waals surface area contributed by atoms with Gasteiger partial charge in [-0.3, -0.25) is 19.3 Å². The third-order valence-corrected chi connectivity index (χ3v) is 5.59. The summed E-state index contributed by atoms with van der Waals surface area (Å²) >= 11 is 0. The van der Waals surface area contributed by atoms with Crippen molar-refractivity contribution in [2.24, 2.45) is 5.92 Å². The van der Waals surface area contributed by atoms with Crippen LogP contribution in [0.5, 0.6) is 0 Å². The average molecular weight is 441 g/mol. The summed E-state index contributed by atoms with van der Waals surface area (Å²) in [5, 5.41) is 2.61. The number of cyclic esters (lactones) is 1. The number of carbonyl (C=O) groups excluding carboxylic acids is 3. The number of halogens is 1. The summed E-state index contributed by atoms with van der Waals surface area (Å²) in [6.07, 6.45) is 0.352. The SMILES string of the molecule is CC(=O)NC[C@H]1CN(c2ccc(-c3ccc(CC[C@@H]4CONC4=O)cc3)c(F)c2)C(=O)O1. The van der Waals surface area contributed by atoms with Gasteiger partial charge >= 0.3 is 6.09 Å². The number of hydrogen-bond acceptors (Lipinski definition) is 5. The highest BCUT2D eigenvalue weighted by Gasteiger charge is 2.32. The summed E-state index contributed by atoms with van der Waals surface area (Å²) in [4.78, 5) is 41.0. The van der Waals surface area contributed by atoms with Crippen molar-refractivity contribution >= 4 is 23.6 Å². The van der Waals surface area contributed by atoms with Crippen LogP contribution in [0.4, 0.5) is 14.9 Å². The maximum Gasteiger partial charge on any atom is 0.414 e. The van der Waals surface area contributed by atoms with E-state index in [-0.39, 0.29) is 30.8 Å². The Morgan fingerprint density at radius 2 is 2.00 bits per heavy atom. The van der Waals surface area contributed by atoms with Crippen molar-refractivity contribution in [2.45, 2.75) is 25.9 Å². The highest BCUT2D eigenvalue weighted by atomic mass is 19.1. The molecule has 0 aromatic heterocycles. The summed E-state index contributed by atoms with van der Waals surface area (Å²) < 4.78 is 20.1. The minimum absolute atomic E-state index is 0.0906. The molecule has 4 rings (SSSR count). The van der Waals surface area contributed by atoms with Crippen LogP contribution in [0.1, 0.15) is 18.9 Å². The van der Waals surface area contributed by atoms with Crippen molar-refractivity contribution < 1.29 is 28.3 Å². The lowest BCUT2D eigenvalue weighted by molar-refractivity contribution is -0.126. The largest absolute Gasteiger partial charge is 0.442 e. The Balaban J connectivity index is 1.40. The van der Waals surface area contributed by atoms with Crippen molar-refractivity contribution in [3.05, 3.63) is 53.8 Å². The number of aryl methyl sites for hydroxylation is 1. The number of ether oxygens (including phenoxy) is 1. The summed E-state index contributed by atoms with van der Waals surface area (Å²) in [5.74, 6) is -0.894. The molecule has 0 saturated carbocycles. The molecule has 2 aliphatic rings. The van der Waals surface area contributed by atoms with Gasteiger partial charge in [0.1, 0.15) is 11.9 Å². The number of nitrogens with one attached hydrogen (secondary N) is 2. The van der Waals surface area contributed by atoms with Gasteiger partial charge in [-0.25, -0.2) is 14.7 Å². The average Bonchev–Trinajstić information content (AvgIpc) is 3.36. The van der Waals surface area contributed by atoms with E-state index in [9.17, 15) is 18.8 Å². The number of hydrogen-bond donors (Lipinski definition) is 2. The minimum Gasteiger partial charge on any atom is -0.442 e. The highest BCUT2D eigenvalue weighted by molar-refractivity contribution is 5.90. The fourth-order valence-corrected chi connectivity index (χ4v) is 3.78. The van der Waals surface area contributed by atoms with E-state index < -0.39 is 18.0 Å². The van der Waals surface area contributed by atoms with E-state index >= 15 is 0 Å². The van der Waals surface area contributed by atoms with Crippen LogP contribution in [0.15, 0.2) is 42.5 Å². The maximum atomic E-state index is 14.9. The molecule has 2 aliphatic heterocycles. The van der Waals surface area contributed by atoms with Gasteiger partial charge in [0.15, 0.2) is 0 Å². The zero-order chi connectivity index (χ0) is 22.7. The van der Waals surface area contributed by atoms with Gasteiger partial charge in [0.25, 0.3) is 0 Å². The van der Waals surface area contributed by atoms with Crippen LogP contribution in [0, 0.1) is 11.7 Å². The lowest BCUT2D eigenvalue weighted by Crippen LogP contribution is -2.33. The van der Waals surface area contributed by atoms with Crippen LogP contribution >= 0.6 is 0 Å². The van der Waals surface area contributed by atoms with E-state index in [4.69, 9.17) is 9.57 Å². The second-order valence-corrected chi connectivity index (χ2v) is 7.93. The molecule has 2 aromatic carbocycles. The Labute approximate surface area is 184 Å². The predicted octanol–water partition coefficient (Wildman–Crippen LogP) is 2.56. The van der Waals surface area contributed by atoms with Crippen molar-refractivity contribution in [2.75, 3.05) is 24.6 Å². The van der Waals surface area contributed by atoms with Gasteiger partial charge in [0.05, 0.1) is 31.3 Å². The first-order valence-electron chi connectivity index (χ1n) is 10.4. The van der Waals surface area contributed by atoms with Crippen LogP contribution in [0.2, 0.25) is 0 Å². The maximum absolute atomic E-state index is 14.9. The van der Waals surface area contributed by atoms with E-state index in [1.807, 2.05) is 24.3 Å². The quantitative estimate of drug-likeness (QED) is 0.689. The van der Waals surface area contributed by atoms with E-state index in [2.05, 4.69) is 10.8 Å². The van der Waals surface area contributed by atoms with Gasteiger partial charge in [-0.1, -0.05) is 24.3 Å². The van der Waals surface area contributed by atoms with E-state index in [1.165, 1.54) is 17.9 Å². The molecular weight excluding hydrogens is 417 g/mol. The Morgan fingerprint density at radius 3 is 2.66 bits per heavy atom. The number of carbonyl (C=O) groups is 3. The number of amides is 3. The molecule has 0 radical (unpaired) electrons. The monoisotopic (exact) mass is 441 g/mol. The normalized spacial score (nSPS) is 20.2. The Kier molecular flexibility index (Phi) is 6.36. The molecule has 2 heterocycles. The molecule has 8 nitrogen and oxygen atoms in total. The van der Waals surface area contributed by atoms with Crippen molar-refractivity contribution in [3.63, 3.8) is 0 Å². The number of hydroxylamine groups is 1. The molecule has 2 atom stereocenters. The first-order chi connectivity index (χ1) is 15.4. The molecule has 9 heteroatoms.